The van der Waals surface area contributed by atoms with Crippen LogP contribution in [0.3, 0.4) is 0 Å². The minimum absolute atomic E-state index is 0.0964. The molecule has 1 aliphatic rings. The van der Waals surface area contributed by atoms with Crippen LogP contribution in [0.5, 0.6) is 0 Å². The number of carbonyl (C=O) groups excluding carboxylic acids is 1. The van der Waals surface area contributed by atoms with E-state index in [1.807, 2.05) is 0 Å². The summed E-state index contributed by atoms with van der Waals surface area (Å²) < 4.78 is 4.81. The number of hydrogen-bond acceptors (Lipinski definition) is 5. The maximum Gasteiger partial charge on any atom is 0.433 e. The summed E-state index contributed by atoms with van der Waals surface area (Å²) in [6.45, 7) is 0.416. The van der Waals surface area contributed by atoms with Gasteiger partial charge in [0, 0.05) is 6.54 Å². The van der Waals surface area contributed by atoms with Gasteiger partial charge in [0.1, 0.15) is 4.92 Å². The second kappa shape index (κ2) is 6.38. The van der Waals surface area contributed by atoms with Crippen molar-refractivity contribution in [3.63, 3.8) is 0 Å². The van der Waals surface area contributed by atoms with E-state index in [1.54, 1.807) is 0 Å². The average molecular weight is 296 g/mol. The number of carboxylic acid groups (broad SMARTS) is 1. The Bertz CT molecular complexity index is 545. The van der Waals surface area contributed by atoms with E-state index >= 15 is 0 Å². The van der Waals surface area contributed by atoms with Gasteiger partial charge in [-0.05, 0) is 37.7 Å². The van der Waals surface area contributed by atoms with Gasteiger partial charge in [0.05, 0.1) is 12.0 Å². The lowest BCUT2D eigenvalue weighted by molar-refractivity contribution is -0.402. The highest BCUT2D eigenvalue weighted by molar-refractivity contribution is 5.91. The molecule has 0 atom stereocenters. The van der Waals surface area contributed by atoms with Gasteiger partial charge in [0.2, 0.25) is 0 Å². The molecular weight excluding hydrogens is 280 g/mol. The van der Waals surface area contributed by atoms with Crippen LogP contribution in [-0.2, 0) is 4.79 Å². The number of hydrogen-bond donors (Lipinski definition) is 2. The van der Waals surface area contributed by atoms with Gasteiger partial charge in [-0.3, -0.25) is 19.7 Å². The van der Waals surface area contributed by atoms with Gasteiger partial charge in [-0.1, -0.05) is 0 Å². The van der Waals surface area contributed by atoms with Crippen molar-refractivity contribution >= 4 is 17.8 Å². The highest BCUT2D eigenvalue weighted by atomic mass is 16.6. The monoisotopic (exact) mass is 296 g/mol. The lowest BCUT2D eigenvalue weighted by Gasteiger charge is -2.25. The number of rotatable bonds is 5. The summed E-state index contributed by atoms with van der Waals surface area (Å²) in [5, 5.41) is 22.0. The molecule has 0 bridgehead atoms. The molecule has 8 heteroatoms. The highest BCUT2D eigenvalue weighted by Gasteiger charge is 2.26. The van der Waals surface area contributed by atoms with Gasteiger partial charge < -0.3 is 14.8 Å². The smallest absolute Gasteiger partial charge is 0.433 e. The number of aliphatic carboxylic acids is 1. The third-order valence-electron chi connectivity index (χ3n) is 3.74. The molecule has 0 aromatic carbocycles. The molecule has 0 unspecified atom stereocenters. The Labute approximate surface area is 120 Å². The number of carboxylic acids is 1. The molecule has 0 saturated heterocycles. The number of amides is 1. The number of nitro groups is 1. The number of furan rings is 1. The van der Waals surface area contributed by atoms with Crippen LogP contribution in [0.2, 0.25) is 0 Å². The molecule has 2 N–H and O–H groups in total. The average Bonchev–Trinajstić information content (AvgIpc) is 2.95. The van der Waals surface area contributed by atoms with Gasteiger partial charge in [-0.25, -0.2) is 0 Å². The van der Waals surface area contributed by atoms with Crippen LogP contribution in [0.4, 0.5) is 5.88 Å². The topological polar surface area (TPSA) is 123 Å². The fourth-order valence-corrected chi connectivity index (χ4v) is 2.49. The maximum atomic E-state index is 11.8. The standard InChI is InChI=1S/C13H16N2O6/c16-12(10-5-6-11(21-10)15(19)20)14-7-8-1-3-9(4-2-8)13(17)18/h5-6,8-9H,1-4,7H2,(H,14,16)(H,17,18). The first-order valence-corrected chi connectivity index (χ1v) is 6.72. The van der Waals surface area contributed by atoms with Crippen molar-refractivity contribution in [1.29, 1.82) is 0 Å². The molecule has 1 aromatic heterocycles. The summed E-state index contributed by atoms with van der Waals surface area (Å²) in [6.07, 6.45) is 2.72. The predicted molar refractivity (Wildman–Crippen MR) is 70.8 cm³/mol. The molecule has 2 rings (SSSR count). The quantitative estimate of drug-likeness (QED) is 0.631. The van der Waals surface area contributed by atoms with Crippen molar-refractivity contribution < 1.29 is 24.0 Å². The van der Waals surface area contributed by atoms with Crippen molar-refractivity contribution in [2.45, 2.75) is 25.7 Å². The number of carbonyl (C=O) groups is 2. The number of nitrogens with one attached hydrogen (secondary N) is 1. The van der Waals surface area contributed by atoms with Crippen LogP contribution in [0, 0.1) is 22.0 Å². The summed E-state index contributed by atoms with van der Waals surface area (Å²) in [5.41, 5.74) is 0. The van der Waals surface area contributed by atoms with E-state index in [0.29, 0.717) is 19.4 Å². The molecule has 1 amide bonds. The zero-order valence-corrected chi connectivity index (χ0v) is 11.3. The summed E-state index contributed by atoms with van der Waals surface area (Å²) in [7, 11) is 0. The van der Waals surface area contributed by atoms with Crippen LogP contribution in [0.25, 0.3) is 0 Å². The molecule has 1 fully saturated rings. The molecular formula is C13H16N2O6. The van der Waals surface area contributed by atoms with Crippen LogP contribution in [-0.4, -0.2) is 28.5 Å². The van der Waals surface area contributed by atoms with E-state index in [2.05, 4.69) is 5.32 Å². The molecule has 114 valence electrons. The lowest BCUT2D eigenvalue weighted by atomic mass is 9.82. The molecule has 1 heterocycles. The Morgan fingerprint density at radius 2 is 2.00 bits per heavy atom. The predicted octanol–water partition coefficient (Wildman–Crippen LogP) is 1.81. The maximum absolute atomic E-state index is 11.8. The molecule has 0 aliphatic heterocycles. The van der Waals surface area contributed by atoms with Gasteiger partial charge >= 0.3 is 11.9 Å². The fraction of sp³-hybridized carbons (Fsp3) is 0.538. The molecule has 0 spiro atoms. The Hall–Kier alpha value is -2.38. The Morgan fingerprint density at radius 3 is 2.52 bits per heavy atom. The van der Waals surface area contributed by atoms with Gasteiger partial charge in [0.25, 0.3) is 5.91 Å². The summed E-state index contributed by atoms with van der Waals surface area (Å²) in [6, 6.07) is 2.39. The van der Waals surface area contributed by atoms with E-state index in [9.17, 15) is 19.7 Å². The van der Waals surface area contributed by atoms with Crippen molar-refractivity contribution in [2.75, 3.05) is 6.54 Å². The Kier molecular flexibility index (Phi) is 4.56. The molecule has 0 radical (unpaired) electrons. The van der Waals surface area contributed by atoms with Crippen molar-refractivity contribution in [1.82, 2.24) is 5.32 Å². The van der Waals surface area contributed by atoms with E-state index in [4.69, 9.17) is 9.52 Å². The van der Waals surface area contributed by atoms with E-state index < -0.39 is 22.7 Å². The molecule has 1 aromatic rings. The van der Waals surface area contributed by atoms with E-state index in [-0.39, 0.29) is 17.6 Å². The SMILES string of the molecule is O=C(NCC1CCC(C(=O)O)CC1)c1ccc([N+](=O)[O-])o1. The van der Waals surface area contributed by atoms with Crippen LogP contribution in [0.1, 0.15) is 36.2 Å². The summed E-state index contributed by atoms with van der Waals surface area (Å²) in [5.74, 6) is -1.88. The first kappa shape index (κ1) is 15.0. The third kappa shape index (κ3) is 3.80. The highest BCUT2D eigenvalue weighted by Crippen LogP contribution is 2.28. The zero-order valence-electron chi connectivity index (χ0n) is 11.3. The second-order valence-electron chi connectivity index (χ2n) is 5.16. The van der Waals surface area contributed by atoms with Crippen LogP contribution >= 0.6 is 0 Å². The van der Waals surface area contributed by atoms with Crippen molar-refractivity contribution in [3.8, 4) is 0 Å². The molecule has 1 saturated carbocycles. The van der Waals surface area contributed by atoms with Crippen molar-refractivity contribution in [3.05, 3.63) is 28.0 Å². The summed E-state index contributed by atoms with van der Waals surface area (Å²) in [4.78, 5) is 32.4. The minimum Gasteiger partial charge on any atom is -0.481 e. The second-order valence-corrected chi connectivity index (χ2v) is 5.16. The van der Waals surface area contributed by atoms with Gasteiger partial charge in [-0.2, -0.15) is 0 Å². The first-order valence-electron chi connectivity index (χ1n) is 6.72. The third-order valence-corrected chi connectivity index (χ3v) is 3.74. The largest absolute Gasteiger partial charge is 0.481 e. The van der Waals surface area contributed by atoms with Crippen LogP contribution < -0.4 is 5.32 Å². The first-order chi connectivity index (χ1) is 9.97. The van der Waals surface area contributed by atoms with E-state index in [0.717, 1.165) is 18.9 Å². The molecule has 21 heavy (non-hydrogen) atoms. The van der Waals surface area contributed by atoms with Gasteiger partial charge in [-0.15, -0.1) is 0 Å². The zero-order chi connectivity index (χ0) is 15.4. The lowest BCUT2D eigenvalue weighted by Crippen LogP contribution is -2.32. The normalized spacial score (nSPS) is 21.7. The van der Waals surface area contributed by atoms with Gasteiger partial charge in [0.15, 0.2) is 5.76 Å². The number of nitrogens with zero attached hydrogens (tertiary/aromatic N) is 1. The fourth-order valence-electron chi connectivity index (χ4n) is 2.49. The Balaban J connectivity index is 1.79. The molecule has 8 nitrogen and oxygen atoms in total. The van der Waals surface area contributed by atoms with Crippen molar-refractivity contribution in [2.24, 2.45) is 11.8 Å². The van der Waals surface area contributed by atoms with E-state index in [1.165, 1.54) is 6.07 Å². The Morgan fingerprint density at radius 1 is 1.33 bits per heavy atom. The summed E-state index contributed by atoms with van der Waals surface area (Å²) >= 11 is 0. The molecule has 1 aliphatic carbocycles. The van der Waals surface area contributed by atoms with Crippen LogP contribution in [0.15, 0.2) is 16.5 Å². The minimum atomic E-state index is -0.764.